The van der Waals surface area contributed by atoms with Crippen LogP contribution in [0, 0.1) is 0 Å². The van der Waals surface area contributed by atoms with E-state index in [2.05, 4.69) is 13.8 Å². The zero-order valence-corrected chi connectivity index (χ0v) is 12.2. The molecule has 0 fully saturated rings. The van der Waals surface area contributed by atoms with Gasteiger partial charge in [0.2, 0.25) is 0 Å². The molecular weight excluding hydrogens is 208 g/mol. The molecule has 1 nitrogen and oxygen atoms in total. The average Bonchev–Trinajstić information content (AvgIpc) is 2.34. The summed E-state index contributed by atoms with van der Waals surface area (Å²) in [7, 11) is 0. The van der Waals surface area contributed by atoms with E-state index in [1.54, 1.807) is 0 Å². The molecule has 0 rings (SSSR count). The Labute approximate surface area is 109 Å². The van der Waals surface area contributed by atoms with Gasteiger partial charge in [0.15, 0.2) is 0 Å². The van der Waals surface area contributed by atoms with Gasteiger partial charge in [-0.15, -0.1) is 0 Å². The molecule has 0 aliphatic rings. The van der Waals surface area contributed by atoms with Crippen molar-refractivity contribution < 1.29 is 5.11 Å². The maximum absolute atomic E-state index is 9.68. The molecule has 0 aromatic heterocycles. The Balaban J connectivity index is 3.02. The van der Waals surface area contributed by atoms with Crippen molar-refractivity contribution in [1.29, 1.82) is 0 Å². The molecule has 1 atom stereocenters. The topological polar surface area (TPSA) is 20.2 Å². The SMILES string of the molecule is CCCCCCCCCCC[C@@H](O)CCCC. The van der Waals surface area contributed by atoms with Crippen molar-refractivity contribution in [2.75, 3.05) is 0 Å². The largest absolute Gasteiger partial charge is 0.393 e. The van der Waals surface area contributed by atoms with Crippen LogP contribution in [0.25, 0.3) is 0 Å². The summed E-state index contributed by atoms with van der Waals surface area (Å²) in [6.45, 7) is 4.45. The van der Waals surface area contributed by atoms with Crippen molar-refractivity contribution in [1.82, 2.24) is 0 Å². The van der Waals surface area contributed by atoms with E-state index >= 15 is 0 Å². The summed E-state index contributed by atoms with van der Waals surface area (Å²) in [5, 5.41) is 9.68. The minimum absolute atomic E-state index is 0.0282. The van der Waals surface area contributed by atoms with Crippen LogP contribution in [0.1, 0.15) is 97.3 Å². The van der Waals surface area contributed by atoms with E-state index < -0.39 is 0 Å². The smallest absolute Gasteiger partial charge is 0.0540 e. The lowest BCUT2D eigenvalue weighted by Gasteiger charge is -2.09. The van der Waals surface area contributed by atoms with Crippen LogP contribution in [0.5, 0.6) is 0 Å². The first-order valence-corrected chi connectivity index (χ1v) is 7.99. The normalized spacial score (nSPS) is 12.9. The van der Waals surface area contributed by atoms with Gasteiger partial charge in [-0.2, -0.15) is 0 Å². The second-order valence-corrected chi connectivity index (χ2v) is 5.41. The highest BCUT2D eigenvalue weighted by molar-refractivity contribution is 4.56. The van der Waals surface area contributed by atoms with E-state index in [0.717, 1.165) is 12.8 Å². The van der Waals surface area contributed by atoms with Crippen molar-refractivity contribution >= 4 is 0 Å². The fraction of sp³-hybridized carbons (Fsp3) is 1.00. The van der Waals surface area contributed by atoms with Crippen LogP contribution >= 0.6 is 0 Å². The molecule has 0 spiro atoms. The Morgan fingerprint density at radius 3 is 1.53 bits per heavy atom. The highest BCUT2D eigenvalue weighted by Gasteiger charge is 2.02. The van der Waals surface area contributed by atoms with Crippen molar-refractivity contribution in [3.8, 4) is 0 Å². The minimum atomic E-state index is -0.0282. The Morgan fingerprint density at radius 1 is 0.588 bits per heavy atom. The fourth-order valence-electron chi connectivity index (χ4n) is 2.27. The maximum Gasteiger partial charge on any atom is 0.0540 e. The molecule has 0 saturated carbocycles. The molecule has 104 valence electrons. The van der Waals surface area contributed by atoms with Crippen LogP contribution in [0.15, 0.2) is 0 Å². The molecule has 0 radical (unpaired) electrons. The van der Waals surface area contributed by atoms with Crippen LogP contribution in [0.4, 0.5) is 0 Å². The first-order valence-electron chi connectivity index (χ1n) is 7.99. The zero-order chi connectivity index (χ0) is 12.8. The molecule has 0 aliphatic carbocycles. The van der Waals surface area contributed by atoms with Gasteiger partial charge < -0.3 is 5.11 Å². The van der Waals surface area contributed by atoms with Gasteiger partial charge in [0.05, 0.1) is 6.10 Å². The minimum Gasteiger partial charge on any atom is -0.393 e. The summed E-state index contributed by atoms with van der Waals surface area (Å²) in [4.78, 5) is 0. The Kier molecular flexibility index (Phi) is 14.0. The van der Waals surface area contributed by atoms with Crippen molar-refractivity contribution in [3.63, 3.8) is 0 Å². The number of aliphatic hydroxyl groups excluding tert-OH is 1. The van der Waals surface area contributed by atoms with Gasteiger partial charge >= 0.3 is 0 Å². The van der Waals surface area contributed by atoms with Gasteiger partial charge in [-0.25, -0.2) is 0 Å². The van der Waals surface area contributed by atoms with Gasteiger partial charge in [-0.05, 0) is 12.8 Å². The highest BCUT2D eigenvalue weighted by atomic mass is 16.3. The zero-order valence-electron chi connectivity index (χ0n) is 12.2. The monoisotopic (exact) mass is 242 g/mol. The first kappa shape index (κ1) is 17.0. The molecule has 0 bridgehead atoms. The summed E-state index contributed by atoms with van der Waals surface area (Å²) in [6.07, 6.45) is 16.7. The molecule has 0 aromatic carbocycles. The van der Waals surface area contributed by atoms with Gasteiger partial charge in [-0.1, -0.05) is 84.5 Å². The second kappa shape index (κ2) is 14.0. The molecule has 1 heteroatoms. The van der Waals surface area contributed by atoms with E-state index in [0.29, 0.717) is 0 Å². The Hall–Kier alpha value is -0.0400. The van der Waals surface area contributed by atoms with Crippen LogP contribution in [0.3, 0.4) is 0 Å². The predicted octanol–water partition coefficient (Wildman–Crippen LogP) is 5.46. The highest BCUT2D eigenvalue weighted by Crippen LogP contribution is 2.13. The first-order chi connectivity index (χ1) is 8.31. The summed E-state index contributed by atoms with van der Waals surface area (Å²) in [6, 6.07) is 0. The molecular formula is C16H34O. The number of hydrogen-bond donors (Lipinski definition) is 1. The van der Waals surface area contributed by atoms with Crippen molar-refractivity contribution in [3.05, 3.63) is 0 Å². The van der Waals surface area contributed by atoms with Gasteiger partial charge in [-0.3, -0.25) is 0 Å². The van der Waals surface area contributed by atoms with Crippen LogP contribution in [-0.4, -0.2) is 11.2 Å². The lowest BCUT2D eigenvalue weighted by atomic mass is 10.0. The summed E-state index contributed by atoms with van der Waals surface area (Å²) in [5.74, 6) is 0. The van der Waals surface area contributed by atoms with E-state index in [9.17, 15) is 5.11 Å². The molecule has 0 aromatic rings. The molecule has 0 aliphatic heterocycles. The van der Waals surface area contributed by atoms with E-state index in [-0.39, 0.29) is 6.10 Å². The Bertz CT molecular complexity index is 133. The molecule has 0 heterocycles. The molecule has 1 N–H and O–H groups in total. The maximum atomic E-state index is 9.68. The number of hydrogen-bond acceptors (Lipinski definition) is 1. The Morgan fingerprint density at radius 2 is 1.00 bits per heavy atom. The summed E-state index contributed by atoms with van der Waals surface area (Å²) >= 11 is 0. The van der Waals surface area contributed by atoms with Crippen molar-refractivity contribution in [2.24, 2.45) is 0 Å². The van der Waals surface area contributed by atoms with Crippen LogP contribution < -0.4 is 0 Å². The standard InChI is InChI=1S/C16H34O/c1-3-5-7-8-9-10-11-12-13-15-16(17)14-6-4-2/h16-17H,3-15H2,1-2H3/t16-/m0/s1. The lowest BCUT2D eigenvalue weighted by molar-refractivity contribution is 0.148. The van der Waals surface area contributed by atoms with E-state index in [1.165, 1.54) is 70.6 Å². The van der Waals surface area contributed by atoms with Crippen LogP contribution in [0.2, 0.25) is 0 Å². The average molecular weight is 242 g/mol. The number of aliphatic hydroxyl groups is 1. The van der Waals surface area contributed by atoms with E-state index in [1.807, 2.05) is 0 Å². The van der Waals surface area contributed by atoms with Gasteiger partial charge in [0, 0.05) is 0 Å². The quantitative estimate of drug-likeness (QED) is 0.425. The number of unbranched alkanes of at least 4 members (excludes halogenated alkanes) is 9. The molecule has 0 amide bonds. The summed E-state index contributed by atoms with van der Waals surface area (Å²) in [5.41, 5.74) is 0. The lowest BCUT2D eigenvalue weighted by Crippen LogP contribution is -2.05. The predicted molar refractivity (Wildman–Crippen MR) is 77.4 cm³/mol. The van der Waals surface area contributed by atoms with Crippen molar-refractivity contribution in [2.45, 2.75) is 103 Å². The number of rotatable bonds is 13. The molecule has 17 heavy (non-hydrogen) atoms. The molecule has 0 unspecified atom stereocenters. The fourth-order valence-corrected chi connectivity index (χ4v) is 2.27. The van der Waals surface area contributed by atoms with Gasteiger partial charge in [0.1, 0.15) is 0 Å². The third-order valence-corrected chi connectivity index (χ3v) is 3.53. The van der Waals surface area contributed by atoms with Crippen LogP contribution in [-0.2, 0) is 0 Å². The summed E-state index contributed by atoms with van der Waals surface area (Å²) < 4.78 is 0. The van der Waals surface area contributed by atoms with Gasteiger partial charge in [0.25, 0.3) is 0 Å². The third kappa shape index (κ3) is 13.9. The third-order valence-electron chi connectivity index (χ3n) is 3.53. The molecule has 0 saturated heterocycles. The second-order valence-electron chi connectivity index (χ2n) is 5.41. The van der Waals surface area contributed by atoms with E-state index in [4.69, 9.17) is 0 Å².